The van der Waals surface area contributed by atoms with Gasteiger partial charge in [-0.25, -0.2) is 4.39 Å². The molecule has 0 unspecified atom stereocenters. The molecule has 1 N–H and O–H groups in total. The number of carbonyl (C=O) groups is 1. The van der Waals surface area contributed by atoms with Crippen molar-refractivity contribution in [1.29, 1.82) is 0 Å². The molecule has 42 heavy (non-hydrogen) atoms. The molecule has 6 rings (SSSR count). The van der Waals surface area contributed by atoms with Gasteiger partial charge < -0.3 is 14.6 Å². The Labute approximate surface area is 245 Å². The molecule has 0 bridgehead atoms. The van der Waals surface area contributed by atoms with Crippen molar-refractivity contribution in [2.24, 2.45) is 0 Å². The zero-order valence-corrected chi connectivity index (χ0v) is 23.1. The molecule has 5 heteroatoms. The molecule has 6 aromatic rings. The Morgan fingerprint density at radius 2 is 1.45 bits per heavy atom. The lowest BCUT2D eigenvalue weighted by molar-refractivity contribution is -0.116. The third-order valence-electron chi connectivity index (χ3n) is 7.42. The first-order valence-electron chi connectivity index (χ1n) is 14.1. The van der Waals surface area contributed by atoms with Crippen LogP contribution in [0.4, 0.5) is 10.1 Å². The maximum Gasteiger partial charge on any atom is 0.225 e. The summed E-state index contributed by atoms with van der Waals surface area (Å²) in [5, 5.41) is 4.05. The van der Waals surface area contributed by atoms with Gasteiger partial charge in [0.1, 0.15) is 18.2 Å². The van der Waals surface area contributed by atoms with Gasteiger partial charge in [-0.3, -0.25) is 4.79 Å². The lowest BCUT2D eigenvalue weighted by Gasteiger charge is -2.18. The summed E-state index contributed by atoms with van der Waals surface area (Å²) in [6, 6.07) is 42.6. The number of para-hydroxylation sites is 1. The van der Waals surface area contributed by atoms with E-state index >= 15 is 0 Å². The van der Waals surface area contributed by atoms with Gasteiger partial charge in [-0.2, -0.15) is 0 Å². The quantitative estimate of drug-likeness (QED) is 0.184. The van der Waals surface area contributed by atoms with E-state index in [1.807, 2.05) is 78.9 Å². The largest absolute Gasteiger partial charge is 0.489 e. The Balaban J connectivity index is 1.36. The van der Waals surface area contributed by atoms with E-state index in [0.29, 0.717) is 12.3 Å². The predicted molar refractivity (Wildman–Crippen MR) is 166 cm³/mol. The Kier molecular flexibility index (Phi) is 8.09. The van der Waals surface area contributed by atoms with Crippen molar-refractivity contribution in [3.05, 3.63) is 168 Å². The monoisotopic (exact) mass is 554 g/mol. The normalized spacial score (nSPS) is 11.7. The van der Waals surface area contributed by atoms with Crippen LogP contribution in [0.25, 0.3) is 10.9 Å². The van der Waals surface area contributed by atoms with Crippen LogP contribution in [0.3, 0.4) is 0 Å². The van der Waals surface area contributed by atoms with Gasteiger partial charge in [0.25, 0.3) is 0 Å². The molecule has 0 radical (unpaired) electrons. The predicted octanol–water partition coefficient (Wildman–Crippen LogP) is 8.57. The summed E-state index contributed by atoms with van der Waals surface area (Å²) in [6.45, 7) is 1.17. The summed E-state index contributed by atoms with van der Waals surface area (Å²) >= 11 is 0. The molecule has 1 amide bonds. The second kappa shape index (κ2) is 12.6. The molecule has 0 saturated carbocycles. The molecule has 208 valence electrons. The van der Waals surface area contributed by atoms with Gasteiger partial charge >= 0.3 is 0 Å². The summed E-state index contributed by atoms with van der Waals surface area (Å²) < 4.78 is 21.9. The minimum Gasteiger partial charge on any atom is -0.489 e. The van der Waals surface area contributed by atoms with Crippen LogP contribution < -0.4 is 10.1 Å². The number of fused-ring (bicyclic) bond motifs is 1. The summed E-state index contributed by atoms with van der Waals surface area (Å²) in [7, 11) is 0. The molecular weight excluding hydrogens is 523 g/mol. The third-order valence-corrected chi connectivity index (χ3v) is 7.42. The molecule has 5 aromatic carbocycles. The topological polar surface area (TPSA) is 43.3 Å². The van der Waals surface area contributed by atoms with Crippen LogP contribution in [-0.4, -0.2) is 10.5 Å². The average molecular weight is 555 g/mol. The number of hydrogen-bond donors (Lipinski definition) is 1. The lowest BCUT2D eigenvalue weighted by Crippen LogP contribution is -2.16. The fourth-order valence-corrected chi connectivity index (χ4v) is 5.36. The third kappa shape index (κ3) is 6.42. The zero-order valence-electron chi connectivity index (χ0n) is 23.1. The molecule has 0 spiro atoms. The average Bonchev–Trinajstić information content (AvgIpc) is 3.39. The van der Waals surface area contributed by atoms with Crippen LogP contribution in [0.2, 0.25) is 0 Å². The first-order chi connectivity index (χ1) is 20.6. The van der Waals surface area contributed by atoms with E-state index in [1.54, 1.807) is 12.1 Å². The van der Waals surface area contributed by atoms with Crippen LogP contribution in [-0.2, 0) is 17.9 Å². The molecule has 0 aliphatic heterocycles. The smallest absolute Gasteiger partial charge is 0.225 e. The number of aromatic nitrogens is 1. The zero-order chi connectivity index (χ0) is 28.7. The number of carbonyl (C=O) groups excluding carboxylic acids is 1. The summed E-state index contributed by atoms with van der Waals surface area (Å²) in [5.74, 6) is 0.00694. The Hall–Kier alpha value is -5.16. The Morgan fingerprint density at radius 3 is 2.21 bits per heavy atom. The van der Waals surface area contributed by atoms with Gasteiger partial charge in [0.2, 0.25) is 5.91 Å². The van der Waals surface area contributed by atoms with Crippen molar-refractivity contribution in [1.82, 2.24) is 4.57 Å². The number of nitrogens with one attached hydrogen (secondary N) is 1. The van der Waals surface area contributed by atoms with Crippen molar-refractivity contribution in [3.8, 4) is 5.75 Å². The minimum atomic E-state index is -0.343. The van der Waals surface area contributed by atoms with Crippen LogP contribution in [0, 0.1) is 5.82 Å². The van der Waals surface area contributed by atoms with Crippen molar-refractivity contribution >= 4 is 22.5 Å². The summed E-state index contributed by atoms with van der Waals surface area (Å²) in [5.41, 5.74) is 6.01. The SMILES string of the molecule is O=C(C[C@H](c1cccc(OCc2ccccc2)c1)c1cn(Cc2ccccc2)c2ccccc12)Nc1ccc(F)cc1. The molecule has 0 aliphatic carbocycles. The second-order valence-corrected chi connectivity index (χ2v) is 10.4. The van der Waals surface area contributed by atoms with Crippen LogP contribution >= 0.6 is 0 Å². The maximum atomic E-state index is 13.5. The molecule has 0 aliphatic rings. The van der Waals surface area contributed by atoms with Crippen LogP contribution in [0.5, 0.6) is 5.75 Å². The molecule has 1 heterocycles. The standard InChI is InChI=1S/C37H31FN2O2/c38-30-18-20-31(21-19-30)39-37(41)23-34(29-14-9-15-32(22-29)42-26-28-12-5-2-6-13-28)35-25-40(24-27-10-3-1-4-11-27)36-17-8-7-16-33(35)36/h1-22,25,34H,23-24,26H2,(H,39,41)/t34-/m1/s1. The van der Waals surface area contributed by atoms with Crippen LogP contribution in [0.15, 0.2) is 140 Å². The number of nitrogens with zero attached hydrogens (tertiary/aromatic N) is 1. The van der Waals surface area contributed by atoms with Gasteiger partial charge in [-0.05, 0) is 64.7 Å². The highest BCUT2D eigenvalue weighted by molar-refractivity contribution is 5.93. The number of ether oxygens (including phenoxy) is 1. The highest BCUT2D eigenvalue weighted by atomic mass is 19.1. The molecule has 4 nitrogen and oxygen atoms in total. The number of rotatable bonds is 10. The van der Waals surface area contributed by atoms with E-state index in [0.717, 1.165) is 39.9 Å². The molecular formula is C37H31FN2O2. The van der Waals surface area contributed by atoms with E-state index in [1.165, 1.54) is 17.7 Å². The highest BCUT2D eigenvalue weighted by Gasteiger charge is 2.23. The van der Waals surface area contributed by atoms with Gasteiger partial charge in [0.15, 0.2) is 0 Å². The number of benzene rings is 5. The summed E-state index contributed by atoms with van der Waals surface area (Å²) in [4.78, 5) is 13.4. The second-order valence-electron chi connectivity index (χ2n) is 10.4. The van der Waals surface area contributed by atoms with Gasteiger partial charge in [0, 0.05) is 41.7 Å². The van der Waals surface area contributed by atoms with Crippen molar-refractivity contribution in [2.45, 2.75) is 25.5 Å². The number of anilines is 1. The minimum absolute atomic E-state index is 0.151. The Bertz CT molecular complexity index is 1780. The highest BCUT2D eigenvalue weighted by Crippen LogP contribution is 2.36. The molecule has 0 fully saturated rings. The van der Waals surface area contributed by atoms with Gasteiger partial charge in [-0.15, -0.1) is 0 Å². The lowest BCUT2D eigenvalue weighted by atomic mass is 9.88. The van der Waals surface area contributed by atoms with Gasteiger partial charge in [-0.1, -0.05) is 91.0 Å². The van der Waals surface area contributed by atoms with Crippen LogP contribution in [0.1, 0.15) is 34.6 Å². The first-order valence-corrected chi connectivity index (χ1v) is 14.1. The fourth-order valence-electron chi connectivity index (χ4n) is 5.36. The summed E-state index contributed by atoms with van der Waals surface area (Å²) in [6.07, 6.45) is 2.38. The van der Waals surface area contributed by atoms with E-state index in [4.69, 9.17) is 4.74 Å². The van der Waals surface area contributed by atoms with E-state index in [-0.39, 0.29) is 24.1 Å². The number of amides is 1. The van der Waals surface area contributed by atoms with E-state index < -0.39 is 0 Å². The van der Waals surface area contributed by atoms with E-state index in [2.05, 4.69) is 46.4 Å². The first kappa shape index (κ1) is 27.0. The number of halogens is 1. The van der Waals surface area contributed by atoms with Crippen molar-refractivity contribution in [3.63, 3.8) is 0 Å². The molecule has 1 atom stereocenters. The Morgan fingerprint density at radius 1 is 0.762 bits per heavy atom. The van der Waals surface area contributed by atoms with Crippen molar-refractivity contribution < 1.29 is 13.9 Å². The van der Waals surface area contributed by atoms with Gasteiger partial charge in [0.05, 0.1) is 0 Å². The molecule has 1 aromatic heterocycles. The number of hydrogen-bond acceptors (Lipinski definition) is 2. The van der Waals surface area contributed by atoms with E-state index in [9.17, 15) is 9.18 Å². The fraction of sp³-hybridized carbons (Fsp3) is 0.108. The maximum absolute atomic E-state index is 13.5. The molecule has 0 saturated heterocycles. The van der Waals surface area contributed by atoms with Crippen molar-refractivity contribution in [2.75, 3.05) is 5.32 Å².